The third-order valence-corrected chi connectivity index (χ3v) is 5.60. The van der Waals surface area contributed by atoms with Gasteiger partial charge in [-0.05, 0) is 24.3 Å². The number of anilines is 1. The van der Waals surface area contributed by atoms with E-state index in [0.29, 0.717) is 11.1 Å². The van der Waals surface area contributed by atoms with E-state index in [9.17, 15) is 14.4 Å². The Kier molecular flexibility index (Phi) is 5.98. The van der Waals surface area contributed by atoms with Gasteiger partial charge in [0.2, 0.25) is 5.95 Å². The molecular formula is C24H21N5O6. The van der Waals surface area contributed by atoms with Crippen LogP contribution in [0.25, 0.3) is 11.2 Å². The molecule has 1 saturated heterocycles. The first-order valence-electron chi connectivity index (χ1n) is 10.9. The SMILES string of the molecule is Nc1nc2c(ncn2[C@H]2CC(OC(=O)c3ccccc3)[C@@H](COC(=O)c3ccccc3)O2)c(=O)[nH]1. The molecule has 1 fully saturated rings. The number of hydrogen-bond acceptors (Lipinski definition) is 9. The molecule has 2 aromatic heterocycles. The number of ether oxygens (including phenoxy) is 3. The molecule has 0 amide bonds. The largest absolute Gasteiger partial charge is 0.459 e. The lowest BCUT2D eigenvalue weighted by Gasteiger charge is -2.19. The fourth-order valence-electron chi connectivity index (χ4n) is 3.89. The number of carbonyl (C=O) groups is 2. The second kappa shape index (κ2) is 9.39. The average molecular weight is 475 g/mol. The van der Waals surface area contributed by atoms with Crippen LogP contribution in [0.1, 0.15) is 33.4 Å². The summed E-state index contributed by atoms with van der Waals surface area (Å²) in [7, 11) is 0. The lowest BCUT2D eigenvalue weighted by molar-refractivity contribution is -0.0563. The lowest BCUT2D eigenvalue weighted by Crippen LogP contribution is -2.32. The molecule has 11 nitrogen and oxygen atoms in total. The van der Waals surface area contributed by atoms with Crippen LogP contribution in [0, 0.1) is 0 Å². The van der Waals surface area contributed by atoms with Gasteiger partial charge >= 0.3 is 11.9 Å². The van der Waals surface area contributed by atoms with Crippen molar-refractivity contribution in [3.63, 3.8) is 0 Å². The number of nitrogens with zero attached hydrogens (tertiary/aromatic N) is 3. The average Bonchev–Trinajstić information content (AvgIpc) is 3.47. The number of benzene rings is 2. The van der Waals surface area contributed by atoms with Crippen molar-refractivity contribution in [2.75, 3.05) is 12.3 Å². The topological polar surface area (TPSA) is 151 Å². The summed E-state index contributed by atoms with van der Waals surface area (Å²) in [5.74, 6) is -1.13. The van der Waals surface area contributed by atoms with Gasteiger partial charge in [-0.1, -0.05) is 36.4 Å². The molecular weight excluding hydrogens is 454 g/mol. The van der Waals surface area contributed by atoms with Crippen molar-refractivity contribution in [1.29, 1.82) is 0 Å². The maximum atomic E-state index is 12.7. The number of imidazole rings is 1. The Morgan fingerprint density at radius 1 is 1.06 bits per heavy atom. The standard InChI is InChI=1S/C24H21N5O6/c25-24-27-20-19(21(30)28-24)26-13-29(20)18-11-16(35-23(32)15-9-5-2-6-10-15)17(34-18)12-33-22(31)14-7-3-1-4-8-14/h1-10,13,16-18H,11-12H2,(H3,25,27,28,30)/t16?,17-,18-/m1/s1. The van der Waals surface area contributed by atoms with Gasteiger partial charge in [0.1, 0.15) is 25.0 Å². The fraction of sp³-hybridized carbons (Fsp3) is 0.208. The van der Waals surface area contributed by atoms with E-state index in [2.05, 4.69) is 15.0 Å². The van der Waals surface area contributed by atoms with Crippen molar-refractivity contribution in [3.8, 4) is 0 Å². The van der Waals surface area contributed by atoms with E-state index in [1.165, 1.54) is 6.33 Å². The zero-order chi connectivity index (χ0) is 24.4. The zero-order valence-electron chi connectivity index (χ0n) is 18.4. The van der Waals surface area contributed by atoms with Gasteiger partial charge in [0.15, 0.2) is 11.2 Å². The summed E-state index contributed by atoms with van der Waals surface area (Å²) in [6.45, 7) is -0.153. The maximum Gasteiger partial charge on any atom is 0.338 e. The normalized spacial score (nSPS) is 19.5. The quantitative estimate of drug-likeness (QED) is 0.399. The van der Waals surface area contributed by atoms with E-state index >= 15 is 0 Å². The van der Waals surface area contributed by atoms with Crippen molar-refractivity contribution >= 4 is 29.1 Å². The Bertz CT molecular complexity index is 1420. The predicted molar refractivity (Wildman–Crippen MR) is 123 cm³/mol. The molecule has 1 aliphatic heterocycles. The van der Waals surface area contributed by atoms with Gasteiger partial charge in [-0.15, -0.1) is 0 Å². The summed E-state index contributed by atoms with van der Waals surface area (Å²) in [5, 5.41) is 0. The number of hydrogen-bond donors (Lipinski definition) is 2. The van der Waals surface area contributed by atoms with Crippen molar-refractivity contribution < 1.29 is 23.8 Å². The summed E-state index contributed by atoms with van der Waals surface area (Å²) in [5.41, 5.74) is 6.31. The molecule has 2 aromatic carbocycles. The van der Waals surface area contributed by atoms with Crippen LogP contribution in [0.15, 0.2) is 71.8 Å². The third-order valence-electron chi connectivity index (χ3n) is 5.60. The van der Waals surface area contributed by atoms with Gasteiger partial charge < -0.3 is 19.9 Å². The number of carbonyl (C=O) groups excluding carboxylic acids is 2. The minimum Gasteiger partial charge on any atom is -0.459 e. The fourth-order valence-corrected chi connectivity index (χ4v) is 3.89. The molecule has 3 N–H and O–H groups in total. The van der Waals surface area contributed by atoms with Crippen molar-refractivity contribution in [3.05, 3.63) is 88.5 Å². The highest BCUT2D eigenvalue weighted by molar-refractivity contribution is 5.90. The molecule has 0 saturated carbocycles. The highest BCUT2D eigenvalue weighted by atomic mass is 16.6. The summed E-state index contributed by atoms with van der Waals surface area (Å²) >= 11 is 0. The van der Waals surface area contributed by atoms with Gasteiger partial charge in [0.25, 0.3) is 5.56 Å². The molecule has 35 heavy (non-hydrogen) atoms. The van der Waals surface area contributed by atoms with Crippen LogP contribution < -0.4 is 11.3 Å². The van der Waals surface area contributed by atoms with Gasteiger partial charge in [0, 0.05) is 6.42 Å². The number of nitrogen functional groups attached to an aromatic ring is 1. The summed E-state index contributed by atoms with van der Waals surface area (Å²) in [4.78, 5) is 48.0. The first-order valence-corrected chi connectivity index (χ1v) is 10.9. The third kappa shape index (κ3) is 4.62. The zero-order valence-corrected chi connectivity index (χ0v) is 18.4. The molecule has 0 aliphatic carbocycles. The number of esters is 2. The Balaban J connectivity index is 1.38. The number of nitrogens with two attached hydrogens (primary N) is 1. The Morgan fingerprint density at radius 2 is 1.71 bits per heavy atom. The number of rotatable bonds is 6. The first kappa shape index (κ1) is 22.3. The molecule has 178 valence electrons. The molecule has 0 spiro atoms. The number of nitrogens with one attached hydrogen (secondary N) is 1. The van der Waals surface area contributed by atoms with Crippen molar-refractivity contribution in [2.45, 2.75) is 24.9 Å². The molecule has 5 rings (SSSR count). The van der Waals surface area contributed by atoms with Crippen LogP contribution in [0.5, 0.6) is 0 Å². The molecule has 3 atom stereocenters. The number of aromatic amines is 1. The van der Waals surface area contributed by atoms with E-state index in [0.717, 1.165) is 0 Å². The molecule has 1 unspecified atom stereocenters. The molecule has 0 radical (unpaired) electrons. The van der Waals surface area contributed by atoms with Crippen LogP contribution in [0.2, 0.25) is 0 Å². The van der Waals surface area contributed by atoms with E-state index in [1.54, 1.807) is 65.2 Å². The highest BCUT2D eigenvalue weighted by Gasteiger charge is 2.40. The Morgan fingerprint density at radius 3 is 2.40 bits per heavy atom. The van der Waals surface area contributed by atoms with E-state index in [1.807, 2.05) is 0 Å². The summed E-state index contributed by atoms with van der Waals surface area (Å²) in [6, 6.07) is 17.1. The second-order valence-corrected chi connectivity index (χ2v) is 7.91. The van der Waals surface area contributed by atoms with E-state index < -0.39 is 35.9 Å². The van der Waals surface area contributed by atoms with Crippen LogP contribution in [0.3, 0.4) is 0 Å². The second-order valence-electron chi connectivity index (χ2n) is 7.91. The monoisotopic (exact) mass is 475 g/mol. The molecule has 11 heteroatoms. The molecule has 0 bridgehead atoms. The van der Waals surface area contributed by atoms with Gasteiger partial charge in [-0.25, -0.2) is 14.6 Å². The van der Waals surface area contributed by atoms with Crippen LogP contribution in [-0.4, -0.2) is 50.3 Å². The molecule has 4 aromatic rings. The Hall–Kier alpha value is -4.51. The van der Waals surface area contributed by atoms with Crippen LogP contribution in [-0.2, 0) is 14.2 Å². The number of H-pyrrole nitrogens is 1. The smallest absolute Gasteiger partial charge is 0.338 e. The predicted octanol–water partition coefficient (Wildman–Crippen LogP) is 2.07. The highest BCUT2D eigenvalue weighted by Crippen LogP contribution is 2.33. The Labute approximate surface area is 198 Å². The van der Waals surface area contributed by atoms with Crippen molar-refractivity contribution in [1.82, 2.24) is 19.5 Å². The summed E-state index contributed by atoms with van der Waals surface area (Å²) in [6.07, 6.45) is -0.579. The lowest BCUT2D eigenvalue weighted by atomic mass is 10.1. The maximum absolute atomic E-state index is 12.7. The number of aromatic nitrogens is 4. The van der Waals surface area contributed by atoms with Gasteiger partial charge in [-0.3, -0.25) is 14.3 Å². The number of fused-ring (bicyclic) bond motifs is 1. The van der Waals surface area contributed by atoms with Gasteiger partial charge in [0.05, 0.1) is 17.5 Å². The van der Waals surface area contributed by atoms with Crippen LogP contribution >= 0.6 is 0 Å². The van der Waals surface area contributed by atoms with Crippen LogP contribution in [0.4, 0.5) is 5.95 Å². The minimum absolute atomic E-state index is 0.0670. The van der Waals surface area contributed by atoms with E-state index in [-0.39, 0.29) is 30.1 Å². The minimum atomic E-state index is -0.767. The van der Waals surface area contributed by atoms with Gasteiger partial charge in [-0.2, -0.15) is 4.98 Å². The van der Waals surface area contributed by atoms with Crippen molar-refractivity contribution in [2.24, 2.45) is 0 Å². The first-order chi connectivity index (χ1) is 17.0. The molecule has 1 aliphatic rings. The summed E-state index contributed by atoms with van der Waals surface area (Å²) < 4.78 is 18.8. The molecule has 3 heterocycles. The van der Waals surface area contributed by atoms with E-state index in [4.69, 9.17) is 19.9 Å².